The highest BCUT2D eigenvalue weighted by molar-refractivity contribution is 6.11. The summed E-state index contributed by atoms with van der Waals surface area (Å²) in [7, 11) is 0. The van der Waals surface area contributed by atoms with Crippen LogP contribution in [0.5, 0.6) is 0 Å². The molecule has 1 saturated heterocycles. The molecule has 4 rings (SSSR count). The zero-order valence-corrected chi connectivity index (χ0v) is 17.6. The lowest BCUT2D eigenvalue weighted by atomic mass is 9.99. The molecule has 0 radical (unpaired) electrons. The van der Waals surface area contributed by atoms with Crippen LogP contribution in [0.3, 0.4) is 0 Å². The van der Waals surface area contributed by atoms with Crippen molar-refractivity contribution in [2.75, 3.05) is 18.1 Å². The van der Waals surface area contributed by atoms with Gasteiger partial charge in [0, 0.05) is 11.6 Å². The Kier molecular flexibility index (Phi) is 5.65. The normalized spacial score (nSPS) is 27.3. The standard InChI is InChI=1S/C23H26FN5O2/c1-4-15-12-30-11-14(2)29(15)21-10-19(27-13-28-21)22(26)16-9-20(31-23(3)7-8-23)17(24)5-6-18(16)25/h1,5-6,9-10,13-15,18,26H,7-8,11-12,25H2,2-3H3/t14-,15+,18?/m1/s1. The van der Waals surface area contributed by atoms with E-state index in [-0.39, 0.29) is 29.2 Å². The van der Waals surface area contributed by atoms with Gasteiger partial charge >= 0.3 is 0 Å². The zero-order chi connectivity index (χ0) is 22.2. The van der Waals surface area contributed by atoms with Gasteiger partial charge < -0.3 is 20.1 Å². The fourth-order valence-corrected chi connectivity index (χ4v) is 3.65. The summed E-state index contributed by atoms with van der Waals surface area (Å²) in [5.74, 6) is 2.92. The lowest BCUT2D eigenvalue weighted by Gasteiger charge is -2.38. The quantitative estimate of drug-likeness (QED) is 0.558. The Bertz CT molecular complexity index is 1020. The van der Waals surface area contributed by atoms with Gasteiger partial charge in [-0.3, -0.25) is 5.41 Å². The largest absolute Gasteiger partial charge is 0.484 e. The summed E-state index contributed by atoms with van der Waals surface area (Å²) in [5.41, 5.74) is 6.72. The number of allylic oxidation sites excluding steroid dienone is 3. The second-order valence-corrected chi connectivity index (χ2v) is 8.36. The van der Waals surface area contributed by atoms with Crippen molar-refractivity contribution in [3.8, 4) is 12.3 Å². The van der Waals surface area contributed by atoms with Crippen LogP contribution in [0.15, 0.2) is 47.8 Å². The van der Waals surface area contributed by atoms with Gasteiger partial charge in [-0.05, 0) is 38.8 Å². The number of terminal acetylenes is 1. The molecule has 1 aromatic heterocycles. The van der Waals surface area contributed by atoms with Crippen molar-refractivity contribution in [3.63, 3.8) is 0 Å². The Balaban J connectivity index is 1.66. The molecular weight excluding hydrogens is 397 g/mol. The van der Waals surface area contributed by atoms with Crippen LogP contribution in [0.4, 0.5) is 10.2 Å². The summed E-state index contributed by atoms with van der Waals surface area (Å²) in [6.07, 6.45) is 13.1. The highest BCUT2D eigenvalue weighted by Crippen LogP contribution is 2.42. The number of ether oxygens (including phenoxy) is 2. The lowest BCUT2D eigenvalue weighted by molar-refractivity contribution is 0.0840. The fourth-order valence-electron chi connectivity index (χ4n) is 3.65. The van der Waals surface area contributed by atoms with E-state index in [4.69, 9.17) is 27.0 Å². The van der Waals surface area contributed by atoms with Crippen LogP contribution in [0.25, 0.3) is 0 Å². The van der Waals surface area contributed by atoms with E-state index >= 15 is 0 Å². The van der Waals surface area contributed by atoms with Crippen molar-refractivity contribution in [1.82, 2.24) is 9.97 Å². The van der Waals surface area contributed by atoms with Gasteiger partial charge in [0.05, 0.1) is 36.7 Å². The number of hydrogen-bond acceptors (Lipinski definition) is 7. The summed E-state index contributed by atoms with van der Waals surface area (Å²) < 4.78 is 25.9. The monoisotopic (exact) mass is 423 g/mol. The van der Waals surface area contributed by atoms with Crippen LogP contribution in [0.2, 0.25) is 0 Å². The molecule has 1 aromatic rings. The molecule has 1 aliphatic heterocycles. The minimum Gasteiger partial charge on any atom is -0.484 e. The summed E-state index contributed by atoms with van der Waals surface area (Å²) in [5, 5.41) is 8.75. The molecule has 1 saturated carbocycles. The summed E-state index contributed by atoms with van der Waals surface area (Å²) in [4.78, 5) is 10.6. The van der Waals surface area contributed by atoms with Gasteiger partial charge in [-0.2, -0.15) is 0 Å². The Morgan fingerprint density at radius 1 is 1.42 bits per heavy atom. The number of aromatic nitrogens is 2. The van der Waals surface area contributed by atoms with E-state index in [1.54, 1.807) is 6.07 Å². The molecule has 0 amide bonds. The van der Waals surface area contributed by atoms with Crippen molar-refractivity contribution in [2.24, 2.45) is 5.73 Å². The zero-order valence-electron chi connectivity index (χ0n) is 17.6. The number of hydrogen-bond donors (Lipinski definition) is 2. The molecule has 0 spiro atoms. The van der Waals surface area contributed by atoms with E-state index in [0.29, 0.717) is 30.3 Å². The van der Waals surface area contributed by atoms with E-state index in [2.05, 4.69) is 15.9 Å². The first kappa shape index (κ1) is 21.2. The minimum absolute atomic E-state index is 0.0188. The average molecular weight is 423 g/mol. The van der Waals surface area contributed by atoms with Crippen molar-refractivity contribution >= 4 is 11.5 Å². The number of nitrogens with zero attached hydrogens (tertiary/aromatic N) is 3. The third-order valence-electron chi connectivity index (χ3n) is 5.74. The molecule has 2 fully saturated rings. The van der Waals surface area contributed by atoms with Crippen molar-refractivity contribution in [2.45, 2.75) is 50.4 Å². The number of nitrogens with two attached hydrogens (primary N) is 1. The first-order valence-electron chi connectivity index (χ1n) is 10.3. The number of rotatable bonds is 5. The van der Waals surface area contributed by atoms with Crippen molar-refractivity contribution in [3.05, 3.63) is 53.5 Å². The Labute approximate surface area is 181 Å². The van der Waals surface area contributed by atoms with Crippen LogP contribution in [0, 0.1) is 17.8 Å². The van der Waals surface area contributed by atoms with Gasteiger partial charge in [-0.25, -0.2) is 14.4 Å². The predicted molar refractivity (Wildman–Crippen MR) is 116 cm³/mol. The fraction of sp³-hybridized carbons (Fsp3) is 0.435. The maximum absolute atomic E-state index is 14.5. The van der Waals surface area contributed by atoms with Gasteiger partial charge in [0.25, 0.3) is 0 Å². The second kappa shape index (κ2) is 8.25. The molecule has 8 heteroatoms. The molecule has 2 aliphatic carbocycles. The molecule has 1 unspecified atom stereocenters. The highest BCUT2D eigenvalue weighted by Gasteiger charge is 2.41. The predicted octanol–water partition coefficient (Wildman–Crippen LogP) is 2.65. The molecular formula is C23H26FN5O2. The maximum Gasteiger partial charge on any atom is 0.164 e. The molecule has 162 valence electrons. The minimum atomic E-state index is -0.675. The summed E-state index contributed by atoms with van der Waals surface area (Å²) in [6, 6.07) is 0.787. The lowest BCUT2D eigenvalue weighted by Crippen LogP contribution is -2.51. The number of halogens is 1. The molecule has 0 bridgehead atoms. The molecule has 3 aliphatic rings. The third-order valence-corrected chi connectivity index (χ3v) is 5.74. The van der Waals surface area contributed by atoms with Gasteiger partial charge in [-0.15, -0.1) is 6.42 Å². The number of anilines is 1. The van der Waals surface area contributed by atoms with Gasteiger partial charge in [-0.1, -0.05) is 12.0 Å². The molecule has 0 aromatic carbocycles. The van der Waals surface area contributed by atoms with Crippen LogP contribution >= 0.6 is 0 Å². The summed E-state index contributed by atoms with van der Waals surface area (Å²) in [6.45, 7) is 4.87. The van der Waals surface area contributed by atoms with Crippen LogP contribution in [-0.4, -0.2) is 52.6 Å². The van der Waals surface area contributed by atoms with E-state index in [1.165, 1.54) is 24.6 Å². The molecule has 3 atom stereocenters. The second-order valence-electron chi connectivity index (χ2n) is 8.36. The van der Waals surface area contributed by atoms with Crippen molar-refractivity contribution < 1.29 is 13.9 Å². The van der Waals surface area contributed by atoms with Crippen LogP contribution < -0.4 is 10.6 Å². The Hall–Kier alpha value is -3.02. The molecule has 2 heterocycles. The summed E-state index contributed by atoms with van der Waals surface area (Å²) >= 11 is 0. The highest BCUT2D eigenvalue weighted by atomic mass is 19.1. The third kappa shape index (κ3) is 4.38. The van der Waals surface area contributed by atoms with E-state index < -0.39 is 11.9 Å². The first-order chi connectivity index (χ1) is 14.8. The van der Waals surface area contributed by atoms with Gasteiger partial charge in [0.1, 0.15) is 23.8 Å². The van der Waals surface area contributed by atoms with Gasteiger partial charge in [0.15, 0.2) is 11.6 Å². The SMILES string of the molecule is C#C[C@H]1COC[C@@H](C)N1c1cc(C(=N)C2=CC(OC3(C)CC3)=C(F)C=CC2N)ncn1. The van der Waals surface area contributed by atoms with E-state index in [9.17, 15) is 4.39 Å². The molecule has 7 nitrogen and oxygen atoms in total. The number of morpholine rings is 1. The average Bonchev–Trinajstić information content (AvgIpc) is 3.52. The molecule has 3 N–H and O–H groups in total. The molecule has 31 heavy (non-hydrogen) atoms. The Morgan fingerprint density at radius 2 is 2.19 bits per heavy atom. The van der Waals surface area contributed by atoms with E-state index in [1.807, 2.05) is 18.7 Å². The number of nitrogens with one attached hydrogen (secondary N) is 1. The maximum atomic E-state index is 14.5. The topological polar surface area (TPSA) is 97.3 Å². The van der Waals surface area contributed by atoms with Crippen LogP contribution in [0.1, 0.15) is 32.4 Å². The first-order valence-corrected chi connectivity index (χ1v) is 10.3. The smallest absolute Gasteiger partial charge is 0.164 e. The van der Waals surface area contributed by atoms with Crippen LogP contribution in [-0.2, 0) is 9.47 Å². The van der Waals surface area contributed by atoms with Crippen molar-refractivity contribution in [1.29, 1.82) is 5.41 Å². The van der Waals surface area contributed by atoms with E-state index in [0.717, 1.165) is 12.8 Å². The van der Waals surface area contributed by atoms with Gasteiger partial charge in [0.2, 0.25) is 0 Å². The Morgan fingerprint density at radius 3 is 2.90 bits per heavy atom.